The lowest BCUT2D eigenvalue weighted by molar-refractivity contribution is 0.469. The van der Waals surface area contributed by atoms with Crippen LogP contribution in [0.5, 0.6) is 0 Å². The van der Waals surface area contributed by atoms with E-state index in [4.69, 9.17) is 5.10 Å². The number of unbranched alkanes of at least 4 members (excludes halogenated alkanes) is 1. The molecule has 0 aliphatic rings. The minimum atomic E-state index is 0.727. The lowest BCUT2D eigenvalue weighted by atomic mass is 10.2. The quantitative estimate of drug-likeness (QED) is 0.342. The fourth-order valence-corrected chi connectivity index (χ4v) is 3.03. The van der Waals surface area contributed by atoms with Gasteiger partial charge in [0.25, 0.3) is 0 Å². The topological polar surface area (TPSA) is 45.4 Å². The molecule has 0 aliphatic heterocycles. The first-order valence-corrected chi connectivity index (χ1v) is 9.16. The van der Waals surface area contributed by atoms with Crippen LogP contribution in [0.15, 0.2) is 48.0 Å². The molecule has 26 heavy (non-hydrogen) atoms. The van der Waals surface area contributed by atoms with Crippen LogP contribution in [-0.2, 0) is 13.1 Å². The summed E-state index contributed by atoms with van der Waals surface area (Å²) >= 11 is 0. The lowest BCUT2D eigenvalue weighted by Crippen LogP contribution is -2.39. The van der Waals surface area contributed by atoms with Crippen LogP contribution < -0.4 is 5.32 Å². The molecule has 1 aromatic carbocycles. The fraction of sp³-hybridized carbons (Fsp3) is 0.429. The second kappa shape index (κ2) is 9.80. The Morgan fingerprint density at radius 3 is 2.69 bits per heavy atom. The number of allylic oxidation sites excluding steroid dienone is 1. The third-order valence-corrected chi connectivity index (χ3v) is 4.60. The number of hydrogen-bond donors (Lipinski definition) is 1. The molecular weight excluding hydrogens is 322 g/mol. The number of guanidine groups is 1. The summed E-state index contributed by atoms with van der Waals surface area (Å²) in [5.41, 5.74) is 4.76. The number of aromatic nitrogens is 2. The third-order valence-electron chi connectivity index (χ3n) is 4.60. The van der Waals surface area contributed by atoms with E-state index in [1.54, 1.807) is 0 Å². The molecule has 0 bridgehead atoms. The Morgan fingerprint density at radius 1 is 1.31 bits per heavy atom. The van der Waals surface area contributed by atoms with Crippen LogP contribution >= 0.6 is 0 Å². The number of benzene rings is 1. The molecule has 1 N–H and O–H groups in total. The van der Waals surface area contributed by atoms with Crippen molar-refractivity contribution >= 4 is 5.96 Å². The molecule has 2 aromatic rings. The Bertz CT molecular complexity index is 730. The molecule has 0 spiro atoms. The monoisotopic (exact) mass is 353 g/mol. The third kappa shape index (κ3) is 5.22. The van der Waals surface area contributed by atoms with Gasteiger partial charge in [0.15, 0.2) is 5.96 Å². The highest BCUT2D eigenvalue weighted by molar-refractivity contribution is 5.79. The molecule has 0 radical (unpaired) electrons. The summed E-state index contributed by atoms with van der Waals surface area (Å²) in [6.45, 7) is 10.5. The molecule has 0 saturated heterocycles. The maximum absolute atomic E-state index is 4.73. The molecule has 5 nitrogen and oxygen atoms in total. The second-order valence-corrected chi connectivity index (χ2v) is 6.55. The Labute approximate surface area is 157 Å². The molecular formula is C21H31N5. The van der Waals surface area contributed by atoms with Crippen LogP contribution in [0.25, 0.3) is 0 Å². The van der Waals surface area contributed by atoms with Gasteiger partial charge in [-0.2, -0.15) is 5.10 Å². The zero-order chi connectivity index (χ0) is 18.9. The Balaban J connectivity index is 2.01. The van der Waals surface area contributed by atoms with Gasteiger partial charge in [0.05, 0.1) is 12.2 Å². The smallest absolute Gasteiger partial charge is 0.193 e. The number of nitrogens with zero attached hydrogens (tertiary/aromatic N) is 4. The van der Waals surface area contributed by atoms with E-state index in [0.717, 1.165) is 44.1 Å². The van der Waals surface area contributed by atoms with E-state index in [2.05, 4.69) is 71.6 Å². The predicted molar refractivity (Wildman–Crippen MR) is 110 cm³/mol. The van der Waals surface area contributed by atoms with Crippen LogP contribution in [0, 0.1) is 13.8 Å². The van der Waals surface area contributed by atoms with E-state index >= 15 is 0 Å². The standard InChI is InChI=1S/C21H31N5/c1-6-7-11-14-25(5)21(22-4)23-15-20-17(2)24-26(18(20)3)16-19-12-9-8-10-13-19/h6,8-10,12-13H,1,7,11,14-16H2,2-5H3,(H,22,23). The summed E-state index contributed by atoms with van der Waals surface area (Å²) in [4.78, 5) is 6.55. The minimum absolute atomic E-state index is 0.727. The van der Waals surface area contributed by atoms with Gasteiger partial charge in [0.1, 0.15) is 0 Å². The lowest BCUT2D eigenvalue weighted by Gasteiger charge is -2.22. The highest BCUT2D eigenvalue weighted by Gasteiger charge is 2.13. The van der Waals surface area contributed by atoms with Gasteiger partial charge in [-0.05, 0) is 32.3 Å². The normalized spacial score (nSPS) is 11.5. The number of nitrogens with one attached hydrogen (secondary N) is 1. The average molecular weight is 354 g/mol. The molecule has 0 saturated carbocycles. The zero-order valence-corrected chi connectivity index (χ0v) is 16.5. The van der Waals surface area contributed by atoms with Gasteiger partial charge in [-0.15, -0.1) is 6.58 Å². The number of aryl methyl sites for hydroxylation is 1. The van der Waals surface area contributed by atoms with Crippen molar-refractivity contribution in [2.24, 2.45) is 4.99 Å². The van der Waals surface area contributed by atoms with Gasteiger partial charge < -0.3 is 10.2 Å². The van der Waals surface area contributed by atoms with E-state index in [1.807, 2.05) is 19.2 Å². The second-order valence-electron chi connectivity index (χ2n) is 6.55. The maximum atomic E-state index is 4.73. The van der Waals surface area contributed by atoms with Crippen molar-refractivity contribution in [1.82, 2.24) is 20.0 Å². The van der Waals surface area contributed by atoms with E-state index in [-0.39, 0.29) is 0 Å². The molecule has 0 atom stereocenters. The van der Waals surface area contributed by atoms with E-state index in [9.17, 15) is 0 Å². The molecule has 5 heteroatoms. The molecule has 1 heterocycles. The molecule has 2 rings (SSSR count). The zero-order valence-electron chi connectivity index (χ0n) is 16.5. The fourth-order valence-electron chi connectivity index (χ4n) is 3.03. The van der Waals surface area contributed by atoms with Crippen molar-refractivity contribution in [3.05, 3.63) is 65.5 Å². The van der Waals surface area contributed by atoms with Gasteiger partial charge in [0.2, 0.25) is 0 Å². The Kier molecular flexibility index (Phi) is 7.45. The van der Waals surface area contributed by atoms with Crippen LogP contribution in [0.3, 0.4) is 0 Å². The van der Waals surface area contributed by atoms with Crippen LogP contribution in [0.4, 0.5) is 0 Å². The van der Waals surface area contributed by atoms with Gasteiger partial charge in [-0.3, -0.25) is 9.67 Å². The first-order valence-electron chi connectivity index (χ1n) is 9.16. The van der Waals surface area contributed by atoms with Gasteiger partial charge >= 0.3 is 0 Å². The molecule has 0 amide bonds. The summed E-state index contributed by atoms with van der Waals surface area (Å²) in [6, 6.07) is 10.4. The summed E-state index contributed by atoms with van der Waals surface area (Å²) in [5.74, 6) is 0.906. The minimum Gasteiger partial charge on any atom is -0.352 e. The number of aliphatic imine (C=N–C) groups is 1. The molecule has 0 aliphatic carbocycles. The van der Waals surface area contributed by atoms with Crippen LogP contribution in [0.1, 0.15) is 35.4 Å². The predicted octanol–water partition coefficient (Wildman–Crippen LogP) is 3.52. The highest BCUT2D eigenvalue weighted by Crippen LogP contribution is 2.15. The number of rotatable bonds is 8. The van der Waals surface area contributed by atoms with Crippen LogP contribution in [-0.4, -0.2) is 41.3 Å². The van der Waals surface area contributed by atoms with Gasteiger partial charge in [0, 0.05) is 38.4 Å². The molecule has 1 aromatic heterocycles. The van der Waals surface area contributed by atoms with E-state index in [1.165, 1.54) is 16.8 Å². The molecule has 0 unspecified atom stereocenters. The van der Waals surface area contributed by atoms with Crippen LogP contribution in [0.2, 0.25) is 0 Å². The largest absolute Gasteiger partial charge is 0.352 e. The van der Waals surface area contributed by atoms with Crippen molar-refractivity contribution in [1.29, 1.82) is 0 Å². The molecule has 0 fully saturated rings. The highest BCUT2D eigenvalue weighted by atomic mass is 15.3. The first-order chi connectivity index (χ1) is 12.6. The Hall–Kier alpha value is -2.56. The SMILES string of the molecule is C=CCCCN(C)C(=NC)NCc1c(C)nn(Cc2ccccc2)c1C. The van der Waals surface area contributed by atoms with E-state index < -0.39 is 0 Å². The maximum Gasteiger partial charge on any atom is 0.193 e. The van der Waals surface area contributed by atoms with E-state index in [0.29, 0.717) is 0 Å². The Morgan fingerprint density at radius 2 is 2.04 bits per heavy atom. The first kappa shape index (κ1) is 19.8. The van der Waals surface area contributed by atoms with Crippen molar-refractivity contribution in [2.75, 3.05) is 20.6 Å². The average Bonchev–Trinajstić information content (AvgIpc) is 2.90. The summed E-state index contributed by atoms with van der Waals surface area (Å²) in [5, 5.41) is 8.19. The van der Waals surface area contributed by atoms with Crippen molar-refractivity contribution in [3.8, 4) is 0 Å². The van der Waals surface area contributed by atoms with Crippen molar-refractivity contribution < 1.29 is 0 Å². The summed E-state index contributed by atoms with van der Waals surface area (Å²) in [7, 11) is 3.89. The van der Waals surface area contributed by atoms with Gasteiger partial charge in [-0.25, -0.2) is 0 Å². The summed E-state index contributed by atoms with van der Waals surface area (Å²) < 4.78 is 2.08. The van der Waals surface area contributed by atoms with Gasteiger partial charge in [-0.1, -0.05) is 36.4 Å². The molecule has 140 valence electrons. The van der Waals surface area contributed by atoms with Crippen molar-refractivity contribution in [3.63, 3.8) is 0 Å². The number of hydrogen-bond acceptors (Lipinski definition) is 2. The van der Waals surface area contributed by atoms with Crippen molar-refractivity contribution in [2.45, 2.75) is 39.8 Å². The summed E-state index contributed by atoms with van der Waals surface area (Å²) in [6.07, 6.45) is 4.05.